The maximum Gasteiger partial charge on any atom is 0.305 e. The van der Waals surface area contributed by atoms with Crippen molar-refractivity contribution in [2.45, 2.75) is 44.7 Å². The van der Waals surface area contributed by atoms with Crippen molar-refractivity contribution in [3.05, 3.63) is 35.4 Å². The highest BCUT2D eigenvalue weighted by molar-refractivity contribution is 5.80. The van der Waals surface area contributed by atoms with Crippen LogP contribution in [0.1, 0.15) is 44.2 Å². The van der Waals surface area contributed by atoms with Crippen LogP contribution in [-0.4, -0.2) is 53.6 Å². The molecular weight excluding hydrogens is 374 g/mol. The summed E-state index contributed by atoms with van der Waals surface area (Å²) in [7, 11) is 0. The zero-order chi connectivity index (χ0) is 20.7. The third-order valence-electron chi connectivity index (χ3n) is 4.62. The Morgan fingerprint density at radius 3 is 2.39 bits per heavy atom. The third-order valence-corrected chi connectivity index (χ3v) is 4.62. The van der Waals surface area contributed by atoms with Crippen LogP contribution in [0.3, 0.4) is 0 Å². The molecular formula is C19H24F2N2O5. The summed E-state index contributed by atoms with van der Waals surface area (Å²) in [5.41, 5.74) is -0.392. The number of carbonyl (C=O) groups is 3. The van der Waals surface area contributed by atoms with Gasteiger partial charge in [0.1, 0.15) is 11.6 Å². The molecule has 9 heteroatoms. The lowest BCUT2D eigenvalue weighted by Crippen LogP contribution is -2.46. The highest BCUT2D eigenvalue weighted by Crippen LogP contribution is 2.26. The average molecular weight is 398 g/mol. The van der Waals surface area contributed by atoms with E-state index in [1.165, 1.54) is 17.9 Å². The molecule has 0 spiro atoms. The van der Waals surface area contributed by atoms with E-state index in [9.17, 15) is 23.2 Å². The molecule has 1 aliphatic rings. The number of carbonyl (C=O) groups excluding carboxylic acids is 2. The molecule has 0 radical (unpaired) electrons. The van der Waals surface area contributed by atoms with Crippen molar-refractivity contribution in [3.63, 3.8) is 0 Å². The normalized spacial score (nSPS) is 15.7. The van der Waals surface area contributed by atoms with Crippen LogP contribution in [0.5, 0.6) is 0 Å². The van der Waals surface area contributed by atoms with Crippen molar-refractivity contribution in [2.75, 3.05) is 19.8 Å². The van der Waals surface area contributed by atoms with Crippen molar-refractivity contribution in [1.82, 2.24) is 10.2 Å². The van der Waals surface area contributed by atoms with Gasteiger partial charge in [-0.3, -0.25) is 14.4 Å². The van der Waals surface area contributed by atoms with Gasteiger partial charge in [0.25, 0.3) is 0 Å². The highest BCUT2D eigenvalue weighted by Gasteiger charge is 2.30. The number of nitrogens with zero attached hydrogens (tertiary/aromatic N) is 1. The molecule has 0 unspecified atom stereocenters. The van der Waals surface area contributed by atoms with Gasteiger partial charge in [-0.1, -0.05) is 6.07 Å². The van der Waals surface area contributed by atoms with E-state index in [0.29, 0.717) is 26.1 Å². The fraction of sp³-hybridized carbons (Fsp3) is 0.526. The molecule has 1 aromatic rings. The molecule has 0 aromatic heterocycles. The van der Waals surface area contributed by atoms with Crippen molar-refractivity contribution in [3.8, 4) is 0 Å². The predicted molar refractivity (Wildman–Crippen MR) is 95.3 cm³/mol. The number of ether oxygens (including phenoxy) is 1. The van der Waals surface area contributed by atoms with E-state index in [4.69, 9.17) is 9.84 Å². The molecule has 7 nitrogen and oxygen atoms in total. The van der Waals surface area contributed by atoms with Gasteiger partial charge in [0, 0.05) is 38.3 Å². The van der Waals surface area contributed by atoms with Crippen LogP contribution in [0.2, 0.25) is 0 Å². The molecule has 1 saturated heterocycles. The zero-order valence-corrected chi connectivity index (χ0v) is 15.6. The van der Waals surface area contributed by atoms with Gasteiger partial charge >= 0.3 is 5.97 Å². The first-order valence-corrected chi connectivity index (χ1v) is 9.09. The number of carboxylic acid groups (broad SMARTS) is 1. The van der Waals surface area contributed by atoms with E-state index in [0.717, 1.165) is 12.1 Å². The van der Waals surface area contributed by atoms with Crippen LogP contribution < -0.4 is 5.32 Å². The molecule has 1 aromatic carbocycles. The van der Waals surface area contributed by atoms with Crippen LogP contribution in [0.25, 0.3) is 0 Å². The molecule has 2 N–H and O–H groups in total. The summed E-state index contributed by atoms with van der Waals surface area (Å²) in [6.45, 7) is 2.06. The predicted octanol–water partition coefficient (Wildman–Crippen LogP) is 2.01. The molecule has 2 amide bonds. The lowest BCUT2D eigenvalue weighted by molar-refractivity contribution is -0.140. The van der Waals surface area contributed by atoms with Gasteiger partial charge in [0.05, 0.1) is 18.9 Å². The van der Waals surface area contributed by atoms with Gasteiger partial charge in [-0.05, 0) is 25.0 Å². The van der Waals surface area contributed by atoms with Crippen LogP contribution >= 0.6 is 0 Å². The minimum atomic E-state index is -1.20. The Bertz CT molecular complexity index is 702. The van der Waals surface area contributed by atoms with Crippen molar-refractivity contribution in [1.29, 1.82) is 0 Å². The van der Waals surface area contributed by atoms with Crippen LogP contribution in [0.15, 0.2) is 18.2 Å². The molecule has 28 heavy (non-hydrogen) atoms. The quantitative estimate of drug-likeness (QED) is 0.699. The number of rotatable bonds is 8. The molecule has 0 aliphatic carbocycles. The Morgan fingerprint density at radius 1 is 1.25 bits per heavy atom. The van der Waals surface area contributed by atoms with Gasteiger partial charge < -0.3 is 20.1 Å². The minimum absolute atomic E-state index is 0.0224. The Labute approximate surface area is 161 Å². The second-order valence-corrected chi connectivity index (χ2v) is 6.67. The average Bonchev–Trinajstić information content (AvgIpc) is 2.61. The van der Waals surface area contributed by atoms with Crippen molar-refractivity contribution in [2.24, 2.45) is 0 Å². The van der Waals surface area contributed by atoms with E-state index in [1.54, 1.807) is 0 Å². The Balaban J connectivity index is 2.24. The fourth-order valence-electron chi connectivity index (χ4n) is 3.33. The maximum absolute atomic E-state index is 14.2. The Morgan fingerprint density at radius 2 is 1.86 bits per heavy atom. The van der Waals surface area contributed by atoms with E-state index >= 15 is 0 Å². The number of aliphatic carboxylic acids is 1. The highest BCUT2D eigenvalue weighted by atomic mass is 19.1. The summed E-state index contributed by atoms with van der Waals surface area (Å²) in [4.78, 5) is 36.9. The SMILES string of the molecule is CC(=O)N[C@H](CC(=O)N(CCC(=O)O)C1CCOCC1)c1c(F)cccc1F. The monoisotopic (exact) mass is 398 g/mol. The Hall–Kier alpha value is -2.55. The molecule has 1 heterocycles. The lowest BCUT2D eigenvalue weighted by atomic mass is 9.99. The summed E-state index contributed by atoms with van der Waals surface area (Å²) < 4.78 is 33.7. The molecule has 1 fully saturated rings. The van der Waals surface area contributed by atoms with E-state index in [1.807, 2.05) is 0 Å². The lowest BCUT2D eigenvalue weighted by Gasteiger charge is -2.35. The number of hydrogen-bond acceptors (Lipinski definition) is 4. The molecule has 0 bridgehead atoms. The molecule has 0 saturated carbocycles. The van der Waals surface area contributed by atoms with Gasteiger partial charge in [-0.25, -0.2) is 8.78 Å². The number of carboxylic acids is 1. The summed E-state index contributed by atoms with van der Waals surface area (Å²) in [6.07, 6.45) is 0.463. The number of benzene rings is 1. The van der Waals surface area contributed by atoms with Gasteiger partial charge in [-0.2, -0.15) is 0 Å². The first-order chi connectivity index (χ1) is 13.3. The second-order valence-electron chi connectivity index (χ2n) is 6.67. The number of hydrogen-bond donors (Lipinski definition) is 2. The first kappa shape index (κ1) is 21.7. The minimum Gasteiger partial charge on any atom is -0.481 e. The van der Waals surface area contributed by atoms with E-state index in [-0.39, 0.29) is 25.4 Å². The van der Waals surface area contributed by atoms with Crippen molar-refractivity contribution < 1.29 is 33.0 Å². The zero-order valence-electron chi connectivity index (χ0n) is 15.6. The smallest absolute Gasteiger partial charge is 0.305 e. The van der Waals surface area contributed by atoms with E-state index < -0.39 is 41.0 Å². The molecule has 2 rings (SSSR count). The second kappa shape index (κ2) is 10.1. The summed E-state index contributed by atoms with van der Waals surface area (Å²) in [5.74, 6) is -3.80. The molecule has 1 aliphatic heterocycles. The van der Waals surface area contributed by atoms with Crippen LogP contribution in [0.4, 0.5) is 8.78 Å². The summed E-state index contributed by atoms with van der Waals surface area (Å²) in [6, 6.07) is 1.89. The number of halogens is 2. The standard InChI is InChI=1S/C19H24F2N2O5/c1-12(24)22-16(19-14(20)3-2-4-15(19)21)11-17(25)23(8-5-18(26)27)13-6-9-28-10-7-13/h2-4,13,16H,5-11H2,1H3,(H,22,24)(H,26,27)/t16-/m1/s1. The fourth-order valence-corrected chi connectivity index (χ4v) is 3.33. The van der Waals surface area contributed by atoms with E-state index in [2.05, 4.69) is 5.32 Å². The maximum atomic E-state index is 14.2. The van der Waals surface area contributed by atoms with Gasteiger partial charge in [0.2, 0.25) is 11.8 Å². The first-order valence-electron chi connectivity index (χ1n) is 9.09. The molecule has 1 atom stereocenters. The third kappa shape index (κ3) is 5.98. The van der Waals surface area contributed by atoms with Gasteiger partial charge in [0.15, 0.2) is 0 Å². The van der Waals surface area contributed by atoms with Gasteiger partial charge in [-0.15, -0.1) is 0 Å². The van der Waals surface area contributed by atoms with Crippen LogP contribution in [-0.2, 0) is 19.1 Å². The topological polar surface area (TPSA) is 95.9 Å². The number of nitrogens with one attached hydrogen (secondary N) is 1. The summed E-state index contributed by atoms with van der Waals surface area (Å²) in [5, 5.41) is 11.4. The summed E-state index contributed by atoms with van der Waals surface area (Å²) >= 11 is 0. The largest absolute Gasteiger partial charge is 0.481 e. The van der Waals surface area contributed by atoms with Crippen molar-refractivity contribution >= 4 is 17.8 Å². The number of amides is 2. The van der Waals surface area contributed by atoms with Crippen LogP contribution in [0, 0.1) is 11.6 Å². The molecule has 154 valence electrons. The Kier molecular flexibility index (Phi) is 7.86.